The molecule has 0 aliphatic rings. The first-order chi connectivity index (χ1) is 11.7. The SMILES string of the molecule is O=C(c1ccccc1)C(c1ccncc1)c1cccc([N+](=O)[O-])c1. The van der Waals surface area contributed by atoms with Crippen molar-refractivity contribution in [3.8, 4) is 0 Å². The van der Waals surface area contributed by atoms with Gasteiger partial charge in [0, 0.05) is 30.1 Å². The maximum atomic E-state index is 13.0. The van der Waals surface area contributed by atoms with E-state index < -0.39 is 10.8 Å². The van der Waals surface area contributed by atoms with Gasteiger partial charge in [-0.15, -0.1) is 0 Å². The predicted octanol–water partition coefficient (Wildman–Crippen LogP) is 4.00. The highest BCUT2D eigenvalue weighted by Gasteiger charge is 2.25. The number of rotatable bonds is 5. The molecule has 5 nitrogen and oxygen atoms in total. The number of pyridine rings is 1. The molecule has 2 aromatic carbocycles. The largest absolute Gasteiger partial charge is 0.293 e. The fourth-order valence-corrected chi connectivity index (χ4v) is 2.64. The molecular formula is C19H14N2O3. The summed E-state index contributed by atoms with van der Waals surface area (Å²) in [4.78, 5) is 27.6. The molecule has 1 atom stereocenters. The van der Waals surface area contributed by atoms with Crippen LogP contribution in [-0.2, 0) is 0 Å². The lowest BCUT2D eigenvalue weighted by Gasteiger charge is -2.17. The molecule has 24 heavy (non-hydrogen) atoms. The Balaban J connectivity index is 2.11. The number of nitro groups is 1. The zero-order valence-electron chi connectivity index (χ0n) is 12.7. The van der Waals surface area contributed by atoms with Crippen molar-refractivity contribution < 1.29 is 9.72 Å². The number of hydrogen-bond donors (Lipinski definition) is 0. The van der Waals surface area contributed by atoms with Crippen LogP contribution < -0.4 is 0 Å². The van der Waals surface area contributed by atoms with Crippen LogP contribution in [0.15, 0.2) is 79.1 Å². The summed E-state index contributed by atoms with van der Waals surface area (Å²) in [6.07, 6.45) is 3.22. The van der Waals surface area contributed by atoms with Gasteiger partial charge in [0.25, 0.3) is 5.69 Å². The van der Waals surface area contributed by atoms with E-state index >= 15 is 0 Å². The molecule has 0 radical (unpaired) electrons. The van der Waals surface area contributed by atoms with Crippen LogP contribution in [0.3, 0.4) is 0 Å². The van der Waals surface area contributed by atoms with Crippen LogP contribution >= 0.6 is 0 Å². The highest BCUT2D eigenvalue weighted by atomic mass is 16.6. The minimum Gasteiger partial charge on any atom is -0.293 e. The number of ketones is 1. The van der Waals surface area contributed by atoms with Crippen LogP contribution in [0.25, 0.3) is 0 Å². The summed E-state index contributed by atoms with van der Waals surface area (Å²) < 4.78 is 0. The van der Waals surface area contributed by atoms with Gasteiger partial charge in [0.1, 0.15) is 0 Å². The zero-order valence-corrected chi connectivity index (χ0v) is 12.7. The molecular weight excluding hydrogens is 304 g/mol. The monoisotopic (exact) mass is 318 g/mol. The number of Topliss-reactive ketones (excluding diaryl/α,β-unsaturated/α-hetero) is 1. The molecule has 0 bridgehead atoms. The maximum absolute atomic E-state index is 13.0. The Morgan fingerprint density at radius 2 is 1.62 bits per heavy atom. The third-order valence-electron chi connectivity index (χ3n) is 3.77. The van der Waals surface area contributed by atoms with E-state index in [2.05, 4.69) is 4.98 Å². The van der Waals surface area contributed by atoms with Gasteiger partial charge in [-0.3, -0.25) is 19.9 Å². The quantitative estimate of drug-likeness (QED) is 0.405. The molecule has 0 saturated carbocycles. The van der Waals surface area contributed by atoms with E-state index in [4.69, 9.17) is 0 Å². The molecule has 0 saturated heterocycles. The smallest absolute Gasteiger partial charge is 0.269 e. The molecule has 0 amide bonds. The summed E-state index contributed by atoms with van der Waals surface area (Å²) in [5.41, 5.74) is 1.86. The van der Waals surface area contributed by atoms with Gasteiger partial charge in [0.2, 0.25) is 0 Å². The lowest BCUT2D eigenvalue weighted by Crippen LogP contribution is -2.14. The molecule has 0 aliphatic heterocycles. The van der Waals surface area contributed by atoms with Crippen molar-refractivity contribution in [3.05, 3.63) is 106 Å². The number of hydrogen-bond acceptors (Lipinski definition) is 4. The van der Waals surface area contributed by atoms with Crippen LogP contribution in [0.1, 0.15) is 27.4 Å². The van der Waals surface area contributed by atoms with E-state index in [9.17, 15) is 14.9 Å². The van der Waals surface area contributed by atoms with Crippen molar-refractivity contribution in [1.29, 1.82) is 0 Å². The highest BCUT2D eigenvalue weighted by Crippen LogP contribution is 2.30. The summed E-state index contributed by atoms with van der Waals surface area (Å²) in [7, 11) is 0. The van der Waals surface area contributed by atoms with Gasteiger partial charge in [-0.05, 0) is 23.3 Å². The predicted molar refractivity (Wildman–Crippen MR) is 89.9 cm³/mol. The molecule has 1 aromatic heterocycles. The maximum Gasteiger partial charge on any atom is 0.269 e. The Kier molecular flexibility index (Phi) is 4.43. The minimum atomic E-state index is -0.615. The van der Waals surface area contributed by atoms with Crippen LogP contribution in [0.4, 0.5) is 5.69 Å². The van der Waals surface area contributed by atoms with Crippen molar-refractivity contribution in [3.63, 3.8) is 0 Å². The van der Waals surface area contributed by atoms with Crippen LogP contribution in [0, 0.1) is 10.1 Å². The number of benzene rings is 2. The molecule has 3 aromatic rings. The first-order valence-corrected chi connectivity index (χ1v) is 7.40. The average Bonchev–Trinajstić information content (AvgIpc) is 2.64. The van der Waals surface area contributed by atoms with Crippen LogP contribution in [0.2, 0.25) is 0 Å². The lowest BCUT2D eigenvalue weighted by molar-refractivity contribution is -0.384. The van der Waals surface area contributed by atoms with E-state index in [0.29, 0.717) is 11.1 Å². The highest BCUT2D eigenvalue weighted by molar-refractivity contribution is 6.03. The van der Waals surface area contributed by atoms with Crippen molar-refractivity contribution >= 4 is 11.5 Å². The summed E-state index contributed by atoms with van der Waals surface area (Å²) in [6.45, 7) is 0. The first kappa shape index (κ1) is 15.6. The molecule has 118 valence electrons. The number of carbonyl (C=O) groups is 1. The number of nitrogens with zero attached hydrogens (tertiary/aromatic N) is 2. The fraction of sp³-hybridized carbons (Fsp3) is 0.0526. The fourth-order valence-electron chi connectivity index (χ4n) is 2.64. The molecule has 5 heteroatoms. The Labute approximate surface area is 138 Å². The molecule has 0 aliphatic carbocycles. The van der Waals surface area contributed by atoms with Crippen molar-refractivity contribution in [2.75, 3.05) is 0 Å². The summed E-state index contributed by atoms with van der Waals surface area (Å²) in [5.74, 6) is -0.724. The third kappa shape index (κ3) is 3.20. The number of non-ortho nitro benzene ring substituents is 1. The number of carbonyl (C=O) groups excluding carboxylic acids is 1. The standard InChI is InChI=1S/C19H14N2O3/c22-19(15-5-2-1-3-6-15)18(14-9-11-20-12-10-14)16-7-4-8-17(13-16)21(23)24/h1-13,18H. The van der Waals surface area contributed by atoms with Gasteiger partial charge in [0.15, 0.2) is 5.78 Å². The summed E-state index contributed by atoms with van der Waals surface area (Å²) >= 11 is 0. The Hall–Kier alpha value is -3.34. The normalized spacial score (nSPS) is 11.7. The molecule has 0 fully saturated rings. The lowest BCUT2D eigenvalue weighted by atomic mass is 9.85. The second-order valence-electron chi connectivity index (χ2n) is 5.30. The molecule has 0 spiro atoms. The van der Waals surface area contributed by atoms with E-state index in [1.54, 1.807) is 60.9 Å². The Morgan fingerprint density at radius 3 is 2.29 bits per heavy atom. The molecule has 1 heterocycles. The van der Waals surface area contributed by atoms with Gasteiger partial charge >= 0.3 is 0 Å². The van der Waals surface area contributed by atoms with Crippen LogP contribution in [-0.4, -0.2) is 15.7 Å². The minimum absolute atomic E-state index is 0.0348. The second-order valence-corrected chi connectivity index (χ2v) is 5.30. The average molecular weight is 318 g/mol. The van der Waals surface area contributed by atoms with E-state index in [-0.39, 0.29) is 11.5 Å². The van der Waals surface area contributed by atoms with Gasteiger partial charge in [-0.1, -0.05) is 42.5 Å². The number of aromatic nitrogens is 1. The molecule has 1 unspecified atom stereocenters. The van der Waals surface area contributed by atoms with Crippen molar-refractivity contribution in [2.45, 2.75) is 5.92 Å². The van der Waals surface area contributed by atoms with Gasteiger partial charge < -0.3 is 0 Å². The van der Waals surface area contributed by atoms with Crippen LogP contribution in [0.5, 0.6) is 0 Å². The van der Waals surface area contributed by atoms with E-state index in [1.807, 2.05) is 6.07 Å². The third-order valence-corrected chi connectivity index (χ3v) is 3.77. The second kappa shape index (κ2) is 6.83. The topological polar surface area (TPSA) is 73.1 Å². The first-order valence-electron chi connectivity index (χ1n) is 7.40. The Morgan fingerprint density at radius 1 is 0.917 bits per heavy atom. The molecule has 0 N–H and O–H groups in total. The van der Waals surface area contributed by atoms with Crippen molar-refractivity contribution in [1.82, 2.24) is 4.98 Å². The van der Waals surface area contributed by atoms with Crippen molar-refractivity contribution in [2.24, 2.45) is 0 Å². The van der Waals surface area contributed by atoms with Gasteiger partial charge in [0.05, 0.1) is 10.8 Å². The molecule has 3 rings (SSSR count). The summed E-state index contributed by atoms with van der Waals surface area (Å²) in [5, 5.41) is 11.1. The number of nitro benzene ring substituents is 1. The summed E-state index contributed by atoms with van der Waals surface area (Å²) in [6, 6.07) is 18.6. The van der Waals surface area contributed by atoms with Gasteiger partial charge in [-0.25, -0.2) is 0 Å². The zero-order chi connectivity index (χ0) is 16.9. The van der Waals surface area contributed by atoms with E-state index in [1.165, 1.54) is 12.1 Å². The van der Waals surface area contributed by atoms with E-state index in [0.717, 1.165) is 5.56 Å². The van der Waals surface area contributed by atoms with Gasteiger partial charge in [-0.2, -0.15) is 0 Å². The Bertz CT molecular complexity index is 864.